The molecule has 10 aromatic carbocycles. The highest BCUT2D eigenvalue weighted by atomic mass is 32.2. The van der Waals surface area contributed by atoms with E-state index in [0.717, 1.165) is 88.5 Å². The van der Waals surface area contributed by atoms with Crippen molar-refractivity contribution in [3.05, 3.63) is 218 Å². The third-order valence-electron chi connectivity index (χ3n) is 15.5. The summed E-state index contributed by atoms with van der Waals surface area (Å²) in [5, 5.41) is 4.68. The molecule has 0 amide bonds. The van der Waals surface area contributed by atoms with E-state index in [0.29, 0.717) is 0 Å². The van der Waals surface area contributed by atoms with E-state index in [1.165, 1.54) is 58.8 Å². The lowest BCUT2D eigenvalue weighted by atomic mass is 9.45. The summed E-state index contributed by atoms with van der Waals surface area (Å²) in [5.41, 5.74) is 19.1. The Balaban J connectivity index is 1.10. The first kappa shape index (κ1) is 42.1. The summed E-state index contributed by atoms with van der Waals surface area (Å²) >= 11 is 3.68. The number of hydrogen-bond donors (Lipinski definition) is 0. The largest absolute Gasteiger partial charge is 0.456 e. The number of fused-ring (bicyclic) bond motifs is 15. The van der Waals surface area contributed by atoms with E-state index in [4.69, 9.17) is 9.15 Å². The summed E-state index contributed by atoms with van der Waals surface area (Å²) in [6, 6.07) is 77.7. The molecule has 0 saturated carbocycles. The maximum Gasteiger partial charge on any atom is 0.333 e. The lowest BCUT2D eigenvalue weighted by Gasteiger charge is -2.42. The molecule has 0 fully saturated rings. The van der Waals surface area contributed by atoms with Gasteiger partial charge in [0.15, 0.2) is 0 Å². The number of thiophene rings is 1. The van der Waals surface area contributed by atoms with Gasteiger partial charge in [-0.25, -0.2) is 0 Å². The SMILES string of the molecule is CC(C)(C)c1ccc(N2c3cc4c(cc3B3c5c(cc6oc7ccccc7c6c52)-c2cc(N(c5ccccc5)c5ccccc5)cc5c6sc7ccccc7c6n3c25)Oc2ccccc2S4)c(-c2ccccc2)c1. The maximum atomic E-state index is 7.14. The Bertz CT molecular complexity index is 4460. The highest BCUT2D eigenvalue weighted by Gasteiger charge is 2.46. The molecule has 0 radical (unpaired) electrons. The summed E-state index contributed by atoms with van der Waals surface area (Å²) in [6.45, 7) is 6.68. The van der Waals surface area contributed by atoms with Gasteiger partial charge in [0.1, 0.15) is 22.7 Å². The molecule has 0 N–H and O–H groups in total. The van der Waals surface area contributed by atoms with Crippen LogP contribution in [0.2, 0.25) is 0 Å². The van der Waals surface area contributed by atoms with Crippen molar-refractivity contribution in [2.45, 2.75) is 36.0 Å². The molecule has 8 heteroatoms. The van der Waals surface area contributed by atoms with Crippen molar-refractivity contribution in [1.29, 1.82) is 0 Å². The Hall–Kier alpha value is -8.43. The molecule has 0 saturated heterocycles. The molecule has 0 atom stereocenters. The number of nitrogens with zero attached hydrogens (tertiary/aromatic N) is 3. The van der Waals surface area contributed by atoms with Gasteiger partial charge in [-0.2, -0.15) is 0 Å². The van der Waals surface area contributed by atoms with Crippen LogP contribution >= 0.6 is 23.1 Å². The number of furan rings is 1. The molecule has 13 aromatic rings. The van der Waals surface area contributed by atoms with Gasteiger partial charge in [-0.3, -0.25) is 0 Å². The summed E-state index contributed by atoms with van der Waals surface area (Å²) in [5.74, 6) is 1.75. The van der Waals surface area contributed by atoms with Gasteiger partial charge >= 0.3 is 6.85 Å². The van der Waals surface area contributed by atoms with Crippen molar-refractivity contribution < 1.29 is 9.15 Å². The lowest BCUT2D eigenvalue weighted by molar-refractivity contribution is 0.455. The minimum Gasteiger partial charge on any atom is -0.456 e. The second-order valence-corrected chi connectivity index (χ2v) is 22.9. The zero-order chi connectivity index (χ0) is 49.0. The average molecular weight is 986 g/mol. The molecule has 6 heterocycles. The summed E-state index contributed by atoms with van der Waals surface area (Å²) in [7, 11) is 0. The predicted molar refractivity (Wildman–Crippen MR) is 312 cm³/mol. The lowest BCUT2D eigenvalue weighted by Crippen LogP contribution is -2.56. The first-order valence-electron chi connectivity index (χ1n) is 25.3. The third kappa shape index (κ3) is 6.01. The fourth-order valence-electron chi connectivity index (χ4n) is 12.3. The number of benzene rings is 10. The molecular weight excluding hydrogens is 942 g/mol. The summed E-state index contributed by atoms with van der Waals surface area (Å²) in [4.78, 5) is 7.20. The van der Waals surface area contributed by atoms with Crippen LogP contribution in [-0.4, -0.2) is 11.3 Å². The van der Waals surface area contributed by atoms with Crippen LogP contribution in [0.3, 0.4) is 0 Å². The molecule has 0 unspecified atom stereocenters. The molecule has 3 aromatic heterocycles. The highest BCUT2D eigenvalue weighted by molar-refractivity contribution is 7.99. The van der Waals surface area contributed by atoms with Crippen LogP contribution in [-0.2, 0) is 5.41 Å². The zero-order valence-corrected chi connectivity index (χ0v) is 42.4. The minimum atomic E-state index is -0.245. The molecule has 3 aliphatic heterocycles. The first-order valence-corrected chi connectivity index (χ1v) is 27.0. The van der Waals surface area contributed by atoms with Crippen LogP contribution in [0.5, 0.6) is 11.5 Å². The molecule has 0 aliphatic carbocycles. The number of para-hydroxylation sites is 4. The van der Waals surface area contributed by atoms with Crippen molar-refractivity contribution >= 4 is 128 Å². The zero-order valence-electron chi connectivity index (χ0n) is 40.8. The van der Waals surface area contributed by atoms with Gasteiger partial charge in [-0.1, -0.05) is 154 Å². The van der Waals surface area contributed by atoms with Gasteiger partial charge in [0.05, 0.1) is 36.8 Å². The molecule has 0 bridgehead atoms. The van der Waals surface area contributed by atoms with Crippen molar-refractivity contribution in [2.75, 3.05) is 9.80 Å². The minimum absolute atomic E-state index is 0.0867. The summed E-state index contributed by atoms with van der Waals surface area (Å²) < 4.78 is 19.4. The second-order valence-electron chi connectivity index (χ2n) is 20.8. The Morgan fingerprint density at radius 3 is 2.00 bits per heavy atom. The highest BCUT2D eigenvalue weighted by Crippen LogP contribution is 2.56. The maximum absolute atomic E-state index is 7.14. The normalized spacial score (nSPS) is 13.3. The number of rotatable bonds is 5. The summed E-state index contributed by atoms with van der Waals surface area (Å²) in [6.07, 6.45) is 0. The Morgan fingerprint density at radius 2 is 1.22 bits per heavy atom. The van der Waals surface area contributed by atoms with Gasteiger partial charge in [-0.15, -0.1) is 11.3 Å². The number of ether oxygens (including phenoxy) is 1. The van der Waals surface area contributed by atoms with E-state index in [2.05, 4.69) is 247 Å². The molecule has 3 aliphatic rings. The Kier molecular flexibility index (Phi) is 8.85. The van der Waals surface area contributed by atoms with E-state index in [1.54, 1.807) is 11.8 Å². The van der Waals surface area contributed by atoms with E-state index in [1.807, 2.05) is 11.3 Å². The number of aromatic nitrogens is 1. The Labute approximate surface area is 436 Å². The standard InChI is InChI=1S/C66H44BN3O2S2/c1-66(2,3)40-31-32-51(46(33-40)39-19-7-4-8-20-39)69-52-38-59-55(72-54-28-16-18-30-58(54)73-59)37-50(52)67-61-47(36-56-60(64(61)69)44-25-13-15-27-53(44)71-56)48-34-43(68(41-21-9-5-10-22-41)42-23-11-6-12-24-42)35-49-62(48)70(67)63-45-26-14-17-29-57(45)74-65(49)63/h4-38H,1-3H3. The van der Waals surface area contributed by atoms with E-state index in [9.17, 15) is 0 Å². The monoisotopic (exact) mass is 985 g/mol. The van der Waals surface area contributed by atoms with Gasteiger partial charge < -0.3 is 23.4 Å². The molecule has 0 spiro atoms. The van der Waals surface area contributed by atoms with Crippen LogP contribution in [0.4, 0.5) is 34.1 Å². The smallest absolute Gasteiger partial charge is 0.333 e. The fourth-order valence-corrected chi connectivity index (χ4v) is 14.4. The number of anilines is 6. The van der Waals surface area contributed by atoms with Crippen LogP contribution in [0.25, 0.3) is 75.4 Å². The van der Waals surface area contributed by atoms with Gasteiger partial charge in [-0.05, 0) is 124 Å². The molecule has 16 rings (SSSR count). The van der Waals surface area contributed by atoms with E-state index < -0.39 is 0 Å². The van der Waals surface area contributed by atoms with Gasteiger partial charge in [0.2, 0.25) is 0 Å². The fraction of sp³-hybridized carbons (Fsp3) is 0.0606. The third-order valence-corrected chi connectivity index (χ3v) is 17.8. The van der Waals surface area contributed by atoms with Crippen LogP contribution in [0.15, 0.2) is 227 Å². The van der Waals surface area contributed by atoms with E-state index >= 15 is 0 Å². The second kappa shape index (κ2) is 15.5. The van der Waals surface area contributed by atoms with Crippen LogP contribution in [0.1, 0.15) is 26.3 Å². The van der Waals surface area contributed by atoms with Gasteiger partial charge in [0.25, 0.3) is 0 Å². The molecule has 74 heavy (non-hydrogen) atoms. The van der Waals surface area contributed by atoms with Gasteiger partial charge in [0, 0.05) is 60.3 Å². The number of hydrogen-bond acceptors (Lipinski definition) is 6. The quantitative estimate of drug-likeness (QED) is 0.161. The molecule has 5 nitrogen and oxygen atoms in total. The predicted octanol–water partition coefficient (Wildman–Crippen LogP) is 18.0. The topological polar surface area (TPSA) is 33.8 Å². The first-order chi connectivity index (χ1) is 36.3. The van der Waals surface area contributed by atoms with Crippen LogP contribution in [0, 0.1) is 0 Å². The molecular formula is C66H44BN3O2S2. The average Bonchev–Trinajstić information content (AvgIpc) is 4.11. The van der Waals surface area contributed by atoms with Crippen molar-refractivity contribution in [1.82, 2.24) is 4.48 Å². The van der Waals surface area contributed by atoms with Crippen molar-refractivity contribution in [3.8, 4) is 33.8 Å². The van der Waals surface area contributed by atoms with Crippen molar-refractivity contribution in [2.24, 2.45) is 0 Å². The Morgan fingerprint density at radius 1 is 0.514 bits per heavy atom. The van der Waals surface area contributed by atoms with Crippen LogP contribution < -0.4 is 25.5 Å². The molecule has 350 valence electrons. The van der Waals surface area contributed by atoms with E-state index in [-0.39, 0.29) is 12.3 Å². The van der Waals surface area contributed by atoms with Crippen molar-refractivity contribution in [3.63, 3.8) is 0 Å².